The number of carbonyl (C=O) groups excluding carboxylic acids is 2. The lowest BCUT2D eigenvalue weighted by Gasteiger charge is -2.17. The van der Waals surface area contributed by atoms with E-state index in [1.807, 2.05) is 0 Å². The van der Waals surface area contributed by atoms with Crippen LogP contribution in [0.5, 0.6) is 0 Å². The van der Waals surface area contributed by atoms with E-state index in [4.69, 9.17) is 0 Å². The second kappa shape index (κ2) is 9.90. The lowest BCUT2D eigenvalue weighted by Crippen LogP contribution is -2.45. The van der Waals surface area contributed by atoms with Gasteiger partial charge in [0.05, 0.1) is 10.5 Å². The summed E-state index contributed by atoms with van der Waals surface area (Å²) in [6, 6.07) is 6.56. The van der Waals surface area contributed by atoms with E-state index in [1.54, 1.807) is 6.92 Å². The van der Waals surface area contributed by atoms with E-state index in [0.29, 0.717) is 18.2 Å². The molecule has 0 aliphatic heterocycles. The first-order valence-corrected chi connectivity index (χ1v) is 11.0. The van der Waals surface area contributed by atoms with E-state index >= 15 is 0 Å². The fourth-order valence-corrected chi connectivity index (χ4v) is 4.01. The number of aryl methyl sites for hydroxylation is 1. The van der Waals surface area contributed by atoms with Crippen LogP contribution in [0.15, 0.2) is 47.4 Å². The van der Waals surface area contributed by atoms with E-state index in [1.165, 1.54) is 38.1 Å². The fourth-order valence-electron chi connectivity index (χ4n) is 2.69. The molecule has 0 radical (unpaired) electrons. The lowest BCUT2D eigenvalue weighted by atomic mass is 10.2. The molecule has 4 N–H and O–H groups in total. The molecule has 32 heavy (non-hydrogen) atoms. The van der Waals surface area contributed by atoms with E-state index in [9.17, 15) is 31.2 Å². The van der Waals surface area contributed by atoms with Gasteiger partial charge in [0, 0.05) is 17.9 Å². The summed E-state index contributed by atoms with van der Waals surface area (Å²) in [5, 5.41) is 7.33. The van der Waals surface area contributed by atoms with Crippen LogP contribution >= 0.6 is 0 Å². The lowest BCUT2D eigenvalue weighted by molar-refractivity contribution is -0.137. The molecular weight excluding hydrogens is 449 g/mol. The molecule has 0 aliphatic carbocycles. The molecule has 2 aromatic carbocycles. The minimum Gasteiger partial charge on any atom is -0.374 e. The Bertz CT molecular complexity index is 1100. The van der Waals surface area contributed by atoms with E-state index in [2.05, 4.69) is 20.7 Å². The van der Waals surface area contributed by atoms with Gasteiger partial charge in [-0.25, -0.2) is 13.2 Å². The van der Waals surface area contributed by atoms with Crippen molar-refractivity contribution in [2.45, 2.75) is 37.9 Å². The zero-order chi connectivity index (χ0) is 24.1. The average molecular weight is 472 g/mol. The smallest absolute Gasteiger partial charge is 0.374 e. The number of sulfonamides is 1. The number of anilines is 2. The van der Waals surface area contributed by atoms with Crippen LogP contribution < -0.4 is 20.7 Å². The SMILES string of the molecule is CCNC(=O)NC(=O)C(C)Nc1ccc(C)c(S(=O)(=O)Nc2cccc(C(F)(F)F)c2)c1. The van der Waals surface area contributed by atoms with Crippen molar-refractivity contribution in [2.75, 3.05) is 16.6 Å². The third-order valence-electron chi connectivity index (χ3n) is 4.27. The third kappa shape index (κ3) is 6.61. The number of rotatable bonds is 7. The van der Waals surface area contributed by atoms with Crippen LogP contribution in [0.1, 0.15) is 25.0 Å². The molecule has 0 fully saturated rings. The number of alkyl halides is 3. The summed E-state index contributed by atoms with van der Waals surface area (Å²) >= 11 is 0. The number of hydrogen-bond acceptors (Lipinski definition) is 5. The van der Waals surface area contributed by atoms with Crippen LogP contribution in [0.3, 0.4) is 0 Å². The van der Waals surface area contributed by atoms with Gasteiger partial charge in [-0.1, -0.05) is 12.1 Å². The average Bonchev–Trinajstić information content (AvgIpc) is 2.68. The van der Waals surface area contributed by atoms with Crippen LogP contribution in [-0.4, -0.2) is 32.9 Å². The summed E-state index contributed by atoms with van der Waals surface area (Å²) in [7, 11) is -4.23. The zero-order valence-electron chi connectivity index (χ0n) is 17.5. The minimum absolute atomic E-state index is 0.184. The quantitative estimate of drug-likeness (QED) is 0.493. The van der Waals surface area contributed by atoms with Crippen molar-refractivity contribution in [1.29, 1.82) is 0 Å². The second-order valence-corrected chi connectivity index (χ2v) is 8.53. The van der Waals surface area contributed by atoms with Crippen molar-refractivity contribution < 1.29 is 31.2 Å². The summed E-state index contributed by atoms with van der Waals surface area (Å²) in [5.41, 5.74) is -0.628. The van der Waals surface area contributed by atoms with Gasteiger partial charge in [0.25, 0.3) is 10.0 Å². The van der Waals surface area contributed by atoms with Crippen molar-refractivity contribution in [1.82, 2.24) is 10.6 Å². The molecule has 2 rings (SSSR count). The molecular formula is C20H23F3N4O4S. The third-order valence-corrected chi connectivity index (χ3v) is 5.79. The van der Waals surface area contributed by atoms with Gasteiger partial charge in [0.2, 0.25) is 5.91 Å². The zero-order valence-corrected chi connectivity index (χ0v) is 18.3. The Balaban J connectivity index is 2.22. The van der Waals surface area contributed by atoms with Crippen molar-refractivity contribution >= 4 is 33.3 Å². The van der Waals surface area contributed by atoms with Gasteiger partial charge in [0.15, 0.2) is 0 Å². The summed E-state index contributed by atoms with van der Waals surface area (Å²) in [6.07, 6.45) is -4.62. The van der Waals surface area contributed by atoms with Crippen molar-refractivity contribution in [3.63, 3.8) is 0 Å². The van der Waals surface area contributed by atoms with Crippen LogP contribution in [0.4, 0.5) is 29.3 Å². The maximum atomic E-state index is 12.9. The molecule has 0 spiro atoms. The van der Waals surface area contributed by atoms with Gasteiger partial charge < -0.3 is 10.6 Å². The number of imide groups is 1. The Morgan fingerprint density at radius 1 is 1.06 bits per heavy atom. The maximum absolute atomic E-state index is 12.9. The molecule has 2 aromatic rings. The molecule has 3 amide bonds. The monoisotopic (exact) mass is 472 g/mol. The second-order valence-electron chi connectivity index (χ2n) is 6.88. The summed E-state index contributed by atoms with van der Waals surface area (Å²) < 4.78 is 66.5. The number of benzene rings is 2. The van der Waals surface area contributed by atoms with Crippen molar-refractivity contribution in [2.24, 2.45) is 0 Å². The van der Waals surface area contributed by atoms with Gasteiger partial charge in [-0.15, -0.1) is 0 Å². The first-order valence-electron chi connectivity index (χ1n) is 9.49. The molecule has 0 bridgehead atoms. The highest BCUT2D eigenvalue weighted by Gasteiger charge is 2.31. The first-order chi connectivity index (χ1) is 14.8. The normalized spacial score (nSPS) is 12.6. The fraction of sp³-hybridized carbons (Fsp3) is 0.300. The highest BCUT2D eigenvalue weighted by molar-refractivity contribution is 7.92. The molecule has 8 nitrogen and oxygen atoms in total. The molecule has 1 unspecified atom stereocenters. The van der Waals surface area contributed by atoms with Gasteiger partial charge in [-0.3, -0.25) is 14.8 Å². The number of halogens is 3. The maximum Gasteiger partial charge on any atom is 0.416 e. The highest BCUT2D eigenvalue weighted by Crippen LogP contribution is 2.31. The number of nitrogens with one attached hydrogen (secondary N) is 4. The summed E-state index contributed by atoms with van der Waals surface area (Å²) in [4.78, 5) is 23.4. The van der Waals surface area contributed by atoms with E-state index < -0.39 is 39.7 Å². The van der Waals surface area contributed by atoms with Crippen molar-refractivity contribution in [3.05, 3.63) is 53.6 Å². The molecule has 0 aromatic heterocycles. The van der Waals surface area contributed by atoms with Crippen LogP contribution in [0.25, 0.3) is 0 Å². The molecule has 0 heterocycles. The Morgan fingerprint density at radius 3 is 2.38 bits per heavy atom. The largest absolute Gasteiger partial charge is 0.416 e. The number of amides is 3. The number of hydrogen-bond donors (Lipinski definition) is 4. The Morgan fingerprint density at radius 2 is 1.75 bits per heavy atom. The topological polar surface area (TPSA) is 116 Å². The number of urea groups is 1. The predicted molar refractivity (Wildman–Crippen MR) is 114 cm³/mol. The Hall–Kier alpha value is -3.28. The molecule has 0 saturated carbocycles. The molecule has 12 heteroatoms. The van der Waals surface area contributed by atoms with Crippen LogP contribution in [0.2, 0.25) is 0 Å². The van der Waals surface area contributed by atoms with Gasteiger partial charge >= 0.3 is 12.2 Å². The van der Waals surface area contributed by atoms with Crippen molar-refractivity contribution in [3.8, 4) is 0 Å². The Labute approximate surface area is 183 Å². The van der Waals surface area contributed by atoms with E-state index in [0.717, 1.165) is 12.1 Å². The minimum atomic E-state index is -4.62. The highest BCUT2D eigenvalue weighted by atomic mass is 32.2. The summed E-state index contributed by atoms with van der Waals surface area (Å²) in [6.45, 7) is 5.02. The first kappa shape index (κ1) is 25.0. The van der Waals surface area contributed by atoms with Gasteiger partial charge in [-0.2, -0.15) is 13.2 Å². The molecule has 0 saturated heterocycles. The predicted octanol–water partition coefficient (Wildman–Crippen LogP) is 3.46. The van der Waals surface area contributed by atoms with E-state index in [-0.39, 0.29) is 16.3 Å². The van der Waals surface area contributed by atoms with Crippen LogP contribution in [0, 0.1) is 6.92 Å². The standard InChI is InChI=1S/C20H23F3N4O4S/c1-4-24-19(29)26-18(28)13(3)25-15-9-8-12(2)17(11-15)32(30,31)27-16-7-5-6-14(10-16)20(21,22)23/h5-11,13,25,27H,4H2,1-3H3,(H2,24,26,28,29). The Kier molecular flexibility index (Phi) is 7.73. The molecule has 0 aliphatic rings. The number of carbonyl (C=O) groups is 2. The summed E-state index contributed by atoms with van der Waals surface area (Å²) in [5.74, 6) is -0.636. The van der Waals surface area contributed by atoms with Gasteiger partial charge in [0.1, 0.15) is 6.04 Å². The van der Waals surface area contributed by atoms with Gasteiger partial charge in [-0.05, 0) is 56.7 Å². The molecule has 174 valence electrons. The molecule has 1 atom stereocenters. The van der Waals surface area contributed by atoms with Crippen LogP contribution in [-0.2, 0) is 21.0 Å².